The molecular weight excluding hydrogens is 476 g/mol. The van der Waals surface area contributed by atoms with Crippen LogP contribution in [-0.2, 0) is 9.59 Å². The van der Waals surface area contributed by atoms with E-state index in [0.29, 0.717) is 73.6 Å². The standard InChI is InChI=1S/C28H34N2O7/c1-5-13-35-20-9-7-18(16-22(20)34-6-2)25-24(27(32)28(33)30(25)12-11-29(3)4)26(31)19-8-10-21-23(17-19)37-15-14-36-21/h7-10,16-17,25,31H,5-6,11-15H2,1-4H3/t25-/m0/s1. The van der Waals surface area contributed by atoms with Crippen LogP contribution in [0.25, 0.3) is 5.76 Å². The van der Waals surface area contributed by atoms with Gasteiger partial charge in [0.1, 0.15) is 19.0 Å². The minimum Gasteiger partial charge on any atom is -0.507 e. The second-order valence-corrected chi connectivity index (χ2v) is 9.14. The topological polar surface area (TPSA) is 97.8 Å². The lowest BCUT2D eigenvalue weighted by atomic mass is 9.94. The molecule has 9 nitrogen and oxygen atoms in total. The number of rotatable bonds is 10. The first-order valence-corrected chi connectivity index (χ1v) is 12.6. The second kappa shape index (κ2) is 11.6. The van der Waals surface area contributed by atoms with E-state index in [2.05, 4.69) is 0 Å². The van der Waals surface area contributed by atoms with Crippen LogP contribution in [0, 0.1) is 0 Å². The van der Waals surface area contributed by atoms with Gasteiger partial charge < -0.3 is 33.9 Å². The molecule has 9 heteroatoms. The molecule has 0 spiro atoms. The molecule has 37 heavy (non-hydrogen) atoms. The summed E-state index contributed by atoms with van der Waals surface area (Å²) in [6.45, 7) is 6.52. The zero-order valence-electron chi connectivity index (χ0n) is 21.8. The van der Waals surface area contributed by atoms with Crippen LogP contribution in [-0.4, -0.2) is 80.2 Å². The third kappa shape index (κ3) is 5.51. The van der Waals surface area contributed by atoms with Crippen molar-refractivity contribution in [3.8, 4) is 23.0 Å². The summed E-state index contributed by atoms with van der Waals surface area (Å²) in [5.74, 6) is 0.489. The van der Waals surface area contributed by atoms with Crippen LogP contribution in [0.4, 0.5) is 0 Å². The lowest BCUT2D eigenvalue weighted by Gasteiger charge is -2.27. The van der Waals surface area contributed by atoms with Gasteiger partial charge in [-0.3, -0.25) is 9.59 Å². The molecule has 2 aromatic rings. The molecule has 2 aromatic carbocycles. The van der Waals surface area contributed by atoms with Crippen LogP contribution < -0.4 is 18.9 Å². The molecule has 0 aliphatic carbocycles. The van der Waals surface area contributed by atoms with Crippen molar-refractivity contribution in [1.82, 2.24) is 9.80 Å². The molecular formula is C28H34N2O7. The van der Waals surface area contributed by atoms with Gasteiger partial charge in [-0.25, -0.2) is 0 Å². The summed E-state index contributed by atoms with van der Waals surface area (Å²) < 4.78 is 22.9. The molecule has 0 bridgehead atoms. The maximum absolute atomic E-state index is 13.3. The summed E-state index contributed by atoms with van der Waals surface area (Å²) in [5.41, 5.74) is 1.03. The molecule has 2 heterocycles. The van der Waals surface area contributed by atoms with Crippen LogP contribution in [0.15, 0.2) is 42.0 Å². The molecule has 2 aliphatic rings. The van der Waals surface area contributed by atoms with E-state index in [1.54, 1.807) is 30.3 Å². The number of nitrogens with zero attached hydrogens (tertiary/aromatic N) is 2. The number of aliphatic hydroxyl groups is 1. The van der Waals surface area contributed by atoms with E-state index in [-0.39, 0.29) is 11.3 Å². The number of hydrogen-bond acceptors (Lipinski definition) is 8. The maximum Gasteiger partial charge on any atom is 0.295 e. The number of hydrogen-bond donors (Lipinski definition) is 1. The molecule has 0 unspecified atom stereocenters. The molecule has 1 saturated heterocycles. The molecule has 1 N–H and O–H groups in total. The summed E-state index contributed by atoms with van der Waals surface area (Å²) in [6.07, 6.45) is 0.841. The first-order chi connectivity index (χ1) is 17.8. The van der Waals surface area contributed by atoms with Gasteiger partial charge in [0.2, 0.25) is 0 Å². The summed E-state index contributed by atoms with van der Waals surface area (Å²) in [7, 11) is 3.79. The van der Waals surface area contributed by atoms with Crippen molar-refractivity contribution in [2.24, 2.45) is 0 Å². The van der Waals surface area contributed by atoms with Gasteiger partial charge in [0.05, 0.1) is 24.8 Å². The van der Waals surface area contributed by atoms with E-state index in [1.165, 1.54) is 4.90 Å². The highest BCUT2D eigenvalue weighted by molar-refractivity contribution is 6.46. The van der Waals surface area contributed by atoms with Gasteiger partial charge in [0, 0.05) is 18.7 Å². The number of likely N-dealkylation sites (N-methyl/N-ethyl adjacent to an activating group) is 1. The van der Waals surface area contributed by atoms with Crippen molar-refractivity contribution in [3.63, 3.8) is 0 Å². The molecule has 198 valence electrons. The van der Waals surface area contributed by atoms with Gasteiger partial charge in [0.15, 0.2) is 23.0 Å². The molecule has 0 saturated carbocycles. The van der Waals surface area contributed by atoms with Gasteiger partial charge in [-0.2, -0.15) is 0 Å². The number of carbonyl (C=O) groups is 2. The summed E-state index contributed by atoms with van der Waals surface area (Å²) in [6, 6.07) is 9.55. The fraction of sp³-hybridized carbons (Fsp3) is 0.429. The van der Waals surface area contributed by atoms with Crippen molar-refractivity contribution in [3.05, 3.63) is 53.1 Å². The summed E-state index contributed by atoms with van der Waals surface area (Å²) >= 11 is 0. The molecule has 0 aromatic heterocycles. The van der Waals surface area contributed by atoms with Crippen molar-refractivity contribution >= 4 is 17.4 Å². The van der Waals surface area contributed by atoms with Crippen molar-refractivity contribution in [1.29, 1.82) is 0 Å². The van der Waals surface area contributed by atoms with Gasteiger partial charge in [-0.05, 0) is 63.3 Å². The Balaban J connectivity index is 1.82. The van der Waals surface area contributed by atoms with Gasteiger partial charge in [0.25, 0.3) is 11.7 Å². The highest BCUT2D eigenvalue weighted by Gasteiger charge is 2.46. The van der Waals surface area contributed by atoms with Crippen LogP contribution in [0.2, 0.25) is 0 Å². The normalized spacial score (nSPS) is 18.4. The van der Waals surface area contributed by atoms with Crippen LogP contribution in [0.1, 0.15) is 37.4 Å². The molecule has 1 fully saturated rings. The Labute approximate surface area is 217 Å². The Bertz CT molecular complexity index is 1190. The lowest BCUT2D eigenvalue weighted by molar-refractivity contribution is -0.140. The van der Waals surface area contributed by atoms with Gasteiger partial charge in [-0.15, -0.1) is 0 Å². The number of amides is 1. The van der Waals surface area contributed by atoms with E-state index in [1.807, 2.05) is 38.9 Å². The van der Waals surface area contributed by atoms with E-state index >= 15 is 0 Å². The third-order valence-corrected chi connectivity index (χ3v) is 6.19. The van der Waals surface area contributed by atoms with Gasteiger partial charge in [-0.1, -0.05) is 13.0 Å². The fourth-order valence-electron chi connectivity index (χ4n) is 4.41. The summed E-state index contributed by atoms with van der Waals surface area (Å²) in [4.78, 5) is 30.0. The number of ketones is 1. The first kappa shape index (κ1) is 26.3. The SMILES string of the molecule is CCCOc1ccc([C@H]2C(=C(O)c3ccc4c(c3)OCCO4)C(=O)C(=O)N2CCN(C)C)cc1OCC. The number of fused-ring (bicyclic) bond motifs is 1. The van der Waals surface area contributed by atoms with E-state index < -0.39 is 17.7 Å². The third-order valence-electron chi connectivity index (χ3n) is 6.19. The Morgan fingerprint density at radius 3 is 2.49 bits per heavy atom. The Hall–Kier alpha value is -3.72. The van der Waals surface area contributed by atoms with Gasteiger partial charge >= 0.3 is 0 Å². The Kier molecular flexibility index (Phi) is 8.23. The monoisotopic (exact) mass is 510 g/mol. The largest absolute Gasteiger partial charge is 0.507 e. The highest BCUT2D eigenvalue weighted by Crippen LogP contribution is 2.43. The van der Waals surface area contributed by atoms with Crippen LogP contribution in [0.3, 0.4) is 0 Å². The van der Waals surface area contributed by atoms with Crippen LogP contribution >= 0.6 is 0 Å². The zero-order valence-corrected chi connectivity index (χ0v) is 21.8. The zero-order chi connectivity index (χ0) is 26.5. The number of Topliss-reactive ketones (excluding diaryl/α,β-unsaturated/α-hetero) is 1. The second-order valence-electron chi connectivity index (χ2n) is 9.14. The average molecular weight is 511 g/mol. The predicted molar refractivity (Wildman–Crippen MR) is 138 cm³/mol. The van der Waals surface area contributed by atoms with Crippen molar-refractivity contribution in [2.75, 3.05) is 53.6 Å². The number of aliphatic hydroxyl groups excluding tert-OH is 1. The minimum atomic E-state index is -0.799. The quantitative estimate of drug-likeness (QED) is 0.294. The summed E-state index contributed by atoms with van der Waals surface area (Å²) in [5, 5.41) is 11.4. The maximum atomic E-state index is 13.3. The minimum absolute atomic E-state index is 0.0186. The molecule has 1 amide bonds. The fourth-order valence-corrected chi connectivity index (χ4v) is 4.41. The molecule has 4 rings (SSSR count). The number of carbonyl (C=O) groups excluding carboxylic acids is 2. The number of ether oxygens (including phenoxy) is 4. The lowest BCUT2D eigenvalue weighted by Crippen LogP contribution is -2.35. The molecule has 0 radical (unpaired) electrons. The predicted octanol–water partition coefficient (Wildman–Crippen LogP) is 3.63. The van der Waals surface area contributed by atoms with E-state index in [4.69, 9.17) is 18.9 Å². The van der Waals surface area contributed by atoms with E-state index in [0.717, 1.165) is 6.42 Å². The Morgan fingerprint density at radius 1 is 1.03 bits per heavy atom. The molecule has 1 atom stereocenters. The first-order valence-electron chi connectivity index (χ1n) is 12.6. The smallest absolute Gasteiger partial charge is 0.295 e. The molecule has 2 aliphatic heterocycles. The van der Waals surface area contributed by atoms with Crippen LogP contribution in [0.5, 0.6) is 23.0 Å². The van der Waals surface area contributed by atoms with Crippen molar-refractivity contribution < 1.29 is 33.6 Å². The Morgan fingerprint density at radius 2 is 1.78 bits per heavy atom. The number of likely N-dealkylation sites (tertiary alicyclic amines) is 1. The van der Waals surface area contributed by atoms with Crippen molar-refractivity contribution in [2.45, 2.75) is 26.3 Å². The average Bonchev–Trinajstić information content (AvgIpc) is 3.15. The number of benzene rings is 2. The van der Waals surface area contributed by atoms with E-state index in [9.17, 15) is 14.7 Å². The highest BCUT2D eigenvalue weighted by atomic mass is 16.6.